The molecule has 3 fully saturated rings. The number of aliphatic carboxylic acids is 2. The van der Waals surface area contributed by atoms with Gasteiger partial charge >= 0.3 is 11.9 Å². The molecule has 0 amide bonds. The zero-order valence-electron chi connectivity index (χ0n) is 27.1. The Hall–Kier alpha value is -3.94. The van der Waals surface area contributed by atoms with E-state index in [9.17, 15) is 19.8 Å². The zero-order valence-corrected chi connectivity index (χ0v) is 27.1. The van der Waals surface area contributed by atoms with E-state index in [-0.39, 0.29) is 26.4 Å². The van der Waals surface area contributed by atoms with Crippen LogP contribution in [0.2, 0.25) is 0 Å². The van der Waals surface area contributed by atoms with Crippen molar-refractivity contribution in [3.63, 3.8) is 0 Å². The Morgan fingerprint density at radius 1 is 0.542 bits per heavy atom. The van der Waals surface area contributed by atoms with E-state index in [1.165, 1.54) is 11.1 Å². The molecule has 3 saturated carbocycles. The van der Waals surface area contributed by atoms with E-state index in [2.05, 4.69) is 48.6 Å². The molecule has 2 aromatic carbocycles. The number of benzene rings is 2. The lowest BCUT2D eigenvalue weighted by Gasteiger charge is -2.71. The van der Waals surface area contributed by atoms with Gasteiger partial charge in [-0.05, 0) is 145 Å². The lowest BCUT2D eigenvalue weighted by atomic mass is 9.33. The zero-order chi connectivity index (χ0) is 32.5. The molecule has 6 aliphatic carbocycles. The van der Waals surface area contributed by atoms with E-state index < -0.39 is 11.9 Å². The van der Waals surface area contributed by atoms with Crippen molar-refractivity contribution in [2.24, 2.45) is 71.0 Å². The van der Waals surface area contributed by atoms with Gasteiger partial charge in [0.25, 0.3) is 0 Å². The van der Waals surface area contributed by atoms with Crippen molar-refractivity contribution < 1.29 is 38.7 Å². The van der Waals surface area contributed by atoms with E-state index in [1.54, 1.807) is 0 Å². The number of carboxylic acids is 2. The summed E-state index contributed by atoms with van der Waals surface area (Å²) in [5.74, 6) is 8.14. The first-order valence-electron chi connectivity index (χ1n) is 18.0. The highest BCUT2D eigenvalue weighted by Gasteiger charge is 2.67. The number of hydrogen-bond donors (Lipinski definition) is 2. The molecule has 0 saturated heterocycles. The number of carboxylic acid groups (broad SMARTS) is 2. The standard InChI is InChI=1S/C40H44O8/c41-35(42)5-1-3-23-25-9-10-27-26-11-12-28(38(27)39(25)29(23)15-21-7-13-31-33(17-21)47-19-45-31)40-30(24(37(26)40)4-2-6-36(43)44)16-22-8-14-32-34(18-22)48-20-46-32/h7-14,17-18,23-30,37-40H,1-6,15-16,19-20H2,(H,41,42)(H,43,44)/t23-,24+,25+,26?,27?,28-,29+,30+,37?,38-,39+,40?/m1/s1. The molecule has 2 heterocycles. The minimum atomic E-state index is -0.713. The van der Waals surface area contributed by atoms with Crippen molar-refractivity contribution >= 4 is 11.9 Å². The van der Waals surface area contributed by atoms with E-state index in [4.69, 9.17) is 18.9 Å². The molecule has 8 nitrogen and oxygen atoms in total. The third kappa shape index (κ3) is 4.92. The molecule has 0 aromatic heterocycles. The summed E-state index contributed by atoms with van der Waals surface area (Å²) in [6.45, 7) is 0.533. The van der Waals surface area contributed by atoms with Gasteiger partial charge in [-0.15, -0.1) is 0 Å². The maximum Gasteiger partial charge on any atom is 0.303 e. The number of ether oxygens (including phenoxy) is 4. The highest BCUT2D eigenvalue weighted by atomic mass is 16.7. The average Bonchev–Trinajstić information content (AvgIpc) is 3.75. The Morgan fingerprint density at radius 3 is 1.60 bits per heavy atom. The Labute approximate surface area is 281 Å². The van der Waals surface area contributed by atoms with E-state index >= 15 is 0 Å². The first-order valence-corrected chi connectivity index (χ1v) is 18.0. The lowest BCUT2D eigenvalue weighted by molar-refractivity contribution is -0.190. The number of fused-ring (bicyclic) bond motifs is 3. The minimum absolute atomic E-state index is 0.225. The fourth-order valence-corrected chi connectivity index (χ4v) is 11.8. The molecule has 2 N–H and O–H groups in total. The van der Waals surface area contributed by atoms with Gasteiger partial charge in [0, 0.05) is 12.8 Å². The molecule has 48 heavy (non-hydrogen) atoms. The molecule has 12 atom stereocenters. The number of hydrogen-bond acceptors (Lipinski definition) is 6. The second-order valence-corrected chi connectivity index (χ2v) is 15.4. The summed E-state index contributed by atoms with van der Waals surface area (Å²) >= 11 is 0. The van der Waals surface area contributed by atoms with Gasteiger partial charge in [0.1, 0.15) is 0 Å². The van der Waals surface area contributed by atoms with Crippen molar-refractivity contribution in [2.75, 3.05) is 13.6 Å². The molecular formula is C40H44O8. The Kier molecular flexibility index (Phi) is 7.46. The first kappa shape index (κ1) is 30.1. The van der Waals surface area contributed by atoms with Gasteiger partial charge in [-0.1, -0.05) is 36.4 Å². The maximum atomic E-state index is 11.5. The maximum absolute atomic E-state index is 11.5. The summed E-state index contributed by atoms with van der Waals surface area (Å²) in [5.41, 5.74) is 2.55. The van der Waals surface area contributed by atoms with E-state index in [1.807, 2.05) is 12.1 Å². The molecular weight excluding hydrogens is 608 g/mol. The third-order valence-electron chi connectivity index (χ3n) is 13.4. The monoisotopic (exact) mass is 652 g/mol. The lowest BCUT2D eigenvalue weighted by Crippen LogP contribution is -2.67. The van der Waals surface area contributed by atoms with Crippen LogP contribution in [0.25, 0.3) is 0 Å². The quantitative estimate of drug-likeness (QED) is 0.236. The molecule has 0 radical (unpaired) electrons. The Morgan fingerprint density at radius 2 is 1.00 bits per heavy atom. The van der Waals surface area contributed by atoms with Crippen LogP contribution in [0.5, 0.6) is 23.0 Å². The van der Waals surface area contributed by atoms with Crippen molar-refractivity contribution in [2.45, 2.75) is 51.4 Å². The third-order valence-corrected chi connectivity index (χ3v) is 13.4. The Bertz CT molecular complexity index is 1660. The van der Waals surface area contributed by atoms with Crippen molar-refractivity contribution in [3.8, 4) is 23.0 Å². The Balaban J connectivity index is 1.01. The molecule has 10 rings (SSSR count). The average molecular weight is 653 g/mol. The van der Waals surface area contributed by atoms with Gasteiger partial charge in [0.2, 0.25) is 13.6 Å². The van der Waals surface area contributed by atoms with Crippen LogP contribution in [-0.4, -0.2) is 35.7 Å². The summed E-state index contributed by atoms with van der Waals surface area (Å²) in [4.78, 5) is 22.9. The topological polar surface area (TPSA) is 112 Å². The summed E-state index contributed by atoms with van der Waals surface area (Å²) in [5, 5.41) is 18.9. The smallest absolute Gasteiger partial charge is 0.303 e. The minimum Gasteiger partial charge on any atom is -0.481 e. The van der Waals surface area contributed by atoms with Crippen molar-refractivity contribution in [3.05, 3.63) is 71.8 Å². The van der Waals surface area contributed by atoms with Crippen LogP contribution in [0.1, 0.15) is 49.7 Å². The second kappa shape index (κ2) is 11.9. The summed E-state index contributed by atoms with van der Waals surface area (Å²) in [7, 11) is 0. The summed E-state index contributed by atoms with van der Waals surface area (Å²) < 4.78 is 22.7. The van der Waals surface area contributed by atoms with E-state index in [0.717, 1.165) is 61.5 Å². The van der Waals surface area contributed by atoms with Crippen LogP contribution in [0.4, 0.5) is 0 Å². The van der Waals surface area contributed by atoms with Crippen LogP contribution in [-0.2, 0) is 22.4 Å². The van der Waals surface area contributed by atoms with Crippen LogP contribution < -0.4 is 18.9 Å². The molecule has 2 aromatic rings. The molecule has 2 aliphatic heterocycles. The molecule has 8 aliphatic rings. The van der Waals surface area contributed by atoms with Crippen molar-refractivity contribution in [1.29, 1.82) is 0 Å². The van der Waals surface area contributed by atoms with Gasteiger partial charge in [0.05, 0.1) is 0 Å². The predicted molar refractivity (Wildman–Crippen MR) is 176 cm³/mol. The van der Waals surface area contributed by atoms with Gasteiger partial charge < -0.3 is 29.2 Å². The molecule has 8 heteroatoms. The highest BCUT2D eigenvalue weighted by Crippen LogP contribution is 2.72. The van der Waals surface area contributed by atoms with Crippen LogP contribution in [0, 0.1) is 71.0 Å². The van der Waals surface area contributed by atoms with Crippen LogP contribution in [0.15, 0.2) is 60.7 Å². The molecule has 0 spiro atoms. The van der Waals surface area contributed by atoms with Gasteiger partial charge in [-0.25, -0.2) is 0 Å². The fraction of sp³-hybridized carbons (Fsp3) is 0.550. The van der Waals surface area contributed by atoms with Gasteiger partial charge in [0.15, 0.2) is 23.0 Å². The normalized spacial score (nSPS) is 36.8. The fourth-order valence-electron chi connectivity index (χ4n) is 11.8. The SMILES string of the molecule is O=C(O)CCC[C@@H]1[C@@H]2C=CC3C4C=C[C@@H](C5C4[C@@H](CCCC(=O)O)[C@@H]5Cc4ccc5c(c4)OCO5)[C@@H]3[C@@H]2[C@H]1Cc1ccc2c(c1)OCO2. The van der Waals surface area contributed by atoms with Crippen LogP contribution in [0.3, 0.4) is 0 Å². The highest BCUT2D eigenvalue weighted by molar-refractivity contribution is 5.66. The van der Waals surface area contributed by atoms with Crippen LogP contribution >= 0.6 is 0 Å². The second-order valence-electron chi connectivity index (χ2n) is 15.4. The molecule has 4 unspecified atom stereocenters. The molecule has 252 valence electrons. The first-order chi connectivity index (χ1) is 23.4. The van der Waals surface area contributed by atoms with Gasteiger partial charge in [-0.3, -0.25) is 9.59 Å². The summed E-state index contributed by atoms with van der Waals surface area (Å²) in [6.07, 6.45) is 15.9. The predicted octanol–water partition coefficient (Wildman–Crippen LogP) is 7.01. The largest absolute Gasteiger partial charge is 0.481 e. The summed E-state index contributed by atoms with van der Waals surface area (Å²) in [6, 6.07) is 12.7. The number of carbonyl (C=O) groups is 2. The molecule has 2 bridgehead atoms. The van der Waals surface area contributed by atoms with Crippen molar-refractivity contribution in [1.82, 2.24) is 0 Å². The van der Waals surface area contributed by atoms with E-state index in [0.29, 0.717) is 71.0 Å². The number of rotatable bonds is 12. The van der Waals surface area contributed by atoms with Gasteiger partial charge in [-0.2, -0.15) is 0 Å². The number of allylic oxidation sites excluding steroid dienone is 4.